The molecule has 4 aliphatic rings. The van der Waals surface area contributed by atoms with E-state index >= 15 is 0 Å². The Labute approximate surface area is 153 Å². The fourth-order valence-corrected chi connectivity index (χ4v) is 6.89. The number of carbonyl (C=O) groups excluding carboxylic acids is 1. The van der Waals surface area contributed by atoms with Gasteiger partial charge in [-0.2, -0.15) is 13.2 Å². The number of carbonyl (C=O) groups is 1. The first kappa shape index (κ1) is 18.4. The monoisotopic (exact) mass is 374 g/mol. The van der Waals surface area contributed by atoms with Crippen LogP contribution in [0, 0.1) is 41.4 Å². The molecule has 0 saturated heterocycles. The van der Waals surface area contributed by atoms with E-state index in [9.17, 15) is 18.0 Å². The Kier molecular flexibility index (Phi) is 4.27. The summed E-state index contributed by atoms with van der Waals surface area (Å²) in [6.07, 6.45) is -2.09. The normalized spacial score (nSPS) is 42.0. The van der Waals surface area contributed by atoms with Gasteiger partial charge in [0.2, 0.25) is 6.10 Å². The van der Waals surface area contributed by atoms with Crippen LogP contribution >= 0.6 is 0 Å². The molecule has 0 aromatic carbocycles. The van der Waals surface area contributed by atoms with Crippen LogP contribution in [-0.4, -0.2) is 24.0 Å². The summed E-state index contributed by atoms with van der Waals surface area (Å²) < 4.78 is 50.2. The van der Waals surface area contributed by atoms with Gasteiger partial charge in [-0.1, -0.05) is 0 Å². The van der Waals surface area contributed by atoms with Crippen molar-refractivity contribution < 1.29 is 27.4 Å². The van der Waals surface area contributed by atoms with Gasteiger partial charge in [0.15, 0.2) is 0 Å². The average molecular weight is 374 g/mol. The van der Waals surface area contributed by atoms with Gasteiger partial charge in [0.25, 0.3) is 0 Å². The van der Waals surface area contributed by atoms with Gasteiger partial charge in [-0.3, -0.25) is 0 Å². The highest BCUT2D eigenvalue weighted by atomic mass is 19.4. The Morgan fingerprint density at radius 3 is 2.27 bits per heavy atom. The van der Waals surface area contributed by atoms with Crippen LogP contribution in [0.15, 0.2) is 0 Å². The first-order chi connectivity index (χ1) is 12.0. The van der Waals surface area contributed by atoms with Gasteiger partial charge >= 0.3 is 12.3 Å². The average Bonchev–Trinajstić information content (AvgIpc) is 3.22. The van der Waals surface area contributed by atoms with Gasteiger partial charge in [-0.15, -0.1) is 0 Å². The Balaban J connectivity index is 1.42. The number of hydrogen-bond donors (Lipinski definition) is 0. The molecule has 0 aromatic rings. The van der Waals surface area contributed by atoms with Crippen LogP contribution in [0.25, 0.3) is 0 Å². The first-order valence-corrected chi connectivity index (χ1v) is 9.99. The van der Waals surface area contributed by atoms with Crippen LogP contribution in [0.4, 0.5) is 18.0 Å². The third kappa shape index (κ3) is 3.22. The highest BCUT2D eigenvalue weighted by Gasteiger charge is 2.63. The van der Waals surface area contributed by atoms with E-state index in [0.717, 1.165) is 30.6 Å². The molecule has 8 unspecified atom stereocenters. The summed E-state index contributed by atoms with van der Waals surface area (Å²) in [5.74, 6) is 3.98. The SMILES string of the molecule is CC(C)(C)OC(=O)OC(CC1CC2CC1C1C3CCC(C3)C21)C(F)(F)F. The van der Waals surface area contributed by atoms with Gasteiger partial charge in [-0.05, 0) is 101 Å². The Morgan fingerprint density at radius 2 is 1.65 bits per heavy atom. The minimum atomic E-state index is -4.55. The summed E-state index contributed by atoms with van der Waals surface area (Å²) in [5, 5.41) is 0. The molecule has 4 saturated carbocycles. The van der Waals surface area contributed by atoms with Gasteiger partial charge in [0, 0.05) is 0 Å². The van der Waals surface area contributed by atoms with Crippen LogP contribution in [0.3, 0.4) is 0 Å². The van der Waals surface area contributed by atoms with E-state index in [1.165, 1.54) is 19.3 Å². The van der Waals surface area contributed by atoms with Crippen molar-refractivity contribution in [3.05, 3.63) is 0 Å². The van der Waals surface area contributed by atoms with E-state index < -0.39 is 24.0 Å². The molecule has 4 rings (SSSR count). The lowest BCUT2D eigenvalue weighted by molar-refractivity contribution is -0.217. The molecule has 4 bridgehead atoms. The number of hydrogen-bond acceptors (Lipinski definition) is 3. The fourth-order valence-electron chi connectivity index (χ4n) is 6.89. The molecule has 26 heavy (non-hydrogen) atoms. The van der Waals surface area contributed by atoms with Crippen LogP contribution in [-0.2, 0) is 9.47 Å². The molecule has 0 aliphatic heterocycles. The standard InChI is InChI=1S/C20H29F3O3/c1-19(2,3)26-18(24)25-15(20(21,22)23)9-12-7-13-8-14(12)17-11-5-4-10(6-11)16(13)17/h10-17H,4-9H2,1-3H3. The van der Waals surface area contributed by atoms with Crippen molar-refractivity contribution in [2.75, 3.05) is 0 Å². The van der Waals surface area contributed by atoms with Gasteiger partial charge in [0.05, 0.1) is 0 Å². The second kappa shape index (κ2) is 6.03. The number of halogens is 3. The Hall–Kier alpha value is -0.940. The molecular formula is C20H29F3O3. The van der Waals surface area contributed by atoms with E-state index in [0.29, 0.717) is 17.8 Å². The number of rotatable bonds is 3. The first-order valence-electron chi connectivity index (χ1n) is 9.99. The molecule has 0 aromatic heterocycles. The summed E-state index contributed by atoms with van der Waals surface area (Å²) in [7, 11) is 0. The smallest absolute Gasteiger partial charge is 0.429 e. The van der Waals surface area contributed by atoms with E-state index in [1.54, 1.807) is 20.8 Å². The lowest BCUT2D eigenvalue weighted by atomic mass is 9.66. The number of ether oxygens (including phenoxy) is 2. The molecule has 0 spiro atoms. The molecule has 8 atom stereocenters. The van der Waals surface area contributed by atoms with Crippen LogP contribution in [0.5, 0.6) is 0 Å². The fraction of sp³-hybridized carbons (Fsp3) is 0.950. The largest absolute Gasteiger partial charge is 0.509 e. The van der Waals surface area contributed by atoms with Crippen molar-refractivity contribution in [1.82, 2.24) is 0 Å². The zero-order valence-electron chi connectivity index (χ0n) is 15.7. The number of fused-ring (bicyclic) bond motifs is 9. The molecule has 6 heteroatoms. The summed E-state index contributed by atoms with van der Waals surface area (Å²) in [4.78, 5) is 11.8. The quantitative estimate of drug-likeness (QED) is 0.478. The minimum Gasteiger partial charge on any atom is -0.429 e. The molecule has 0 radical (unpaired) electrons. The van der Waals surface area contributed by atoms with Crippen molar-refractivity contribution in [1.29, 1.82) is 0 Å². The van der Waals surface area contributed by atoms with E-state index in [4.69, 9.17) is 9.47 Å². The lowest BCUT2D eigenvalue weighted by Gasteiger charge is -2.39. The Morgan fingerprint density at radius 1 is 1.00 bits per heavy atom. The summed E-state index contributed by atoms with van der Waals surface area (Å²) in [6, 6.07) is 0. The van der Waals surface area contributed by atoms with Crippen molar-refractivity contribution in [3.8, 4) is 0 Å². The second-order valence-electron chi connectivity index (χ2n) is 9.99. The predicted molar refractivity (Wildman–Crippen MR) is 89.3 cm³/mol. The minimum absolute atomic E-state index is 0.0228. The van der Waals surface area contributed by atoms with Crippen LogP contribution in [0.2, 0.25) is 0 Å². The summed E-state index contributed by atoms with van der Waals surface area (Å²) in [6.45, 7) is 4.84. The summed E-state index contributed by atoms with van der Waals surface area (Å²) in [5.41, 5.74) is -0.865. The molecule has 148 valence electrons. The third-order valence-electron chi connectivity index (χ3n) is 7.38. The van der Waals surface area contributed by atoms with Gasteiger partial charge in [0.1, 0.15) is 5.60 Å². The van der Waals surface area contributed by atoms with Gasteiger partial charge < -0.3 is 9.47 Å². The topological polar surface area (TPSA) is 35.5 Å². The van der Waals surface area contributed by atoms with Crippen LogP contribution < -0.4 is 0 Å². The van der Waals surface area contributed by atoms with Crippen molar-refractivity contribution in [2.24, 2.45) is 41.4 Å². The molecule has 3 nitrogen and oxygen atoms in total. The van der Waals surface area contributed by atoms with Crippen LogP contribution in [0.1, 0.15) is 59.3 Å². The molecule has 4 fully saturated rings. The Bertz CT molecular complexity index is 568. The van der Waals surface area contributed by atoms with Gasteiger partial charge in [-0.25, -0.2) is 4.79 Å². The zero-order chi connectivity index (χ0) is 18.9. The van der Waals surface area contributed by atoms with Crippen molar-refractivity contribution in [3.63, 3.8) is 0 Å². The molecule has 0 amide bonds. The maximum absolute atomic E-state index is 13.5. The number of alkyl halides is 3. The van der Waals surface area contributed by atoms with E-state index in [2.05, 4.69) is 0 Å². The third-order valence-corrected chi connectivity index (χ3v) is 7.38. The van der Waals surface area contributed by atoms with Crippen molar-refractivity contribution >= 4 is 6.16 Å². The maximum atomic E-state index is 13.5. The predicted octanol–water partition coefficient (Wildman–Crippen LogP) is 5.58. The zero-order valence-corrected chi connectivity index (χ0v) is 15.7. The summed E-state index contributed by atoms with van der Waals surface area (Å²) >= 11 is 0. The highest BCUT2D eigenvalue weighted by Crippen LogP contribution is 2.69. The lowest BCUT2D eigenvalue weighted by Crippen LogP contribution is -2.40. The molecular weight excluding hydrogens is 345 g/mol. The van der Waals surface area contributed by atoms with Crippen molar-refractivity contribution in [2.45, 2.75) is 77.2 Å². The highest BCUT2D eigenvalue weighted by molar-refractivity contribution is 5.60. The maximum Gasteiger partial charge on any atom is 0.509 e. The second-order valence-corrected chi connectivity index (χ2v) is 9.99. The van der Waals surface area contributed by atoms with E-state index in [-0.39, 0.29) is 12.3 Å². The molecule has 0 heterocycles. The molecule has 4 aliphatic carbocycles. The molecule has 0 N–H and O–H groups in total. The van der Waals surface area contributed by atoms with E-state index in [1.807, 2.05) is 0 Å².